The van der Waals surface area contributed by atoms with Crippen LogP contribution in [0.5, 0.6) is 0 Å². The summed E-state index contributed by atoms with van der Waals surface area (Å²) in [6, 6.07) is 0.273. The highest BCUT2D eigenvalue weighted by molar-refractivity contribution is 5.66. The molecule has 15 heavy (non-hydrogen) atoms. The van der Waals surface area contributed by atoms with E-state index in [4.69, 9.17) is 10.8 Å². The summed E-state index contributed by atoms with van der Waals surface area (Å²) in [5, 5.41) is 8.80. The lowest BCUT2D eigenvalue weighted by molar-refractivity contribution is -0.138. The van der Waals surface area contributed by atoms with Gasteiger partial charge in [0.2, 0.25) is 0 Å². The summed E-state index contributed by atoms with van der Waals surface area (Å²) in [6.07, 6.45) is 4.58. The Morgan fingerprint density at radius 1 is 1.53 bits per heavy atom. The zero-order valence-electron chi connectivity index (χ0n) is 9.62. The standard InChI is InChI=1S/C12H21NO2/c1-11(6-4-10(14)15)8-3-5-12(11,2)9(13)7-8/h8-9H,3-7,13H2,1-2H3,(H,14,15)/t8-,9-,11-,12-/m0/s1. The molecule has 2 aliphatic carbocycles. The summed E-state index contributed by atoms with van der Waals surface area (Å²) in [5.41, 5.74) is 6.52. The SMILES string of the molecule is C[C@]1(CCC(=O)O)[C@H]2CC[C@@]1(C)[C@@H](N)C2. The van der Waals surface area contributed by atoms with E-state index in [0.717, 1.165) is 12.8 Å². The predicted molar refractivity (Wildman–Crippen MR) is 58.4 cm³/mol. The molecule has 2 bridgehead atoms. The Bertz CT molecular complexity index is 291. The van der Waals surface area contributed by atoms with Gasteiger partial charge in [0, 0.05) is 12.5 Å². The van der Waals surface area contributed by atoms with Crippen molar-refractivity contribution in [2.24, 2.45) is 22.5 Å². The summed E-state index contributed by atoms with van der Waals surface area (Å²) in [5.74, 6) is -0.0310. The molecule has 0 aromatic heterocycles. The monoisotopic (exact) mass is 211 g/mol. The second kappa shape index (κ2) is 3.21. The minimum atomic E-state index is -0.681. The van der Waals surface area contributed by atoms with Crippen molar-refractivity contribution in [2.45, 2.75) is 52.0 Å². The van der Waals surface area contributed by atoms with Gasteiger partial charge in [-0.05, 0) is 42.4 Å². The first kappa shape index (κ1) is 10.9. The maximum absolute atomic E-state index is 10.7. The number of carbonyl (C=O) groups is 1. The number of hydrogen-bond acceptors (Lipinski definition) is 2. The number of hydrogen-bond donors (Lipinski definition) is 2. The molecule has 0 unspecified atom stereocenters. The number of aliphatic carboxylic acids is 1. The lowest BCUT2D eigenvalue weighted by Gasteiger charge is -2.40. The summed E-state index contributed by atoms with van der Waals surface area (Å²) in [4.78, 5) is 10.7. The largest absolute Gasteiger partial charge is 0.481 e. The Morgan fingerprint density at radius 2 is 2.20 bits per heavy atom. The second-order valence-electron chi connectivity index (χ2n) is 5.81. The average molecular weight is 211 g/mol. The third-order valence-corrected chi connectivity index (χ3v) is 5.43. The van der Waals surface area contributed by atoms with Crippen LogP contribution in [-0.2, 0) is 4.79 Å². The van der Waals surface area contributed by atoms with E-state index in [2.05, 4.69) is 13.8 Å². The summed E-state index contributed by atoms with van der Waals surface area (Å²) < 4.78 is 0. The molecule has 0 amide bonds. The van der Waals surface area contributed by atoms with Crippen LogP contribution >= 0.6 is 0 Å². The van der Waals surface area contributed by atoms with Crippen LogP contribution in [0.15, 0.2) is 0 Å². The van der Waals surface area contributed by atoms with E-state index in [-0.39, 0.29) is 23.3 Å². The smallest absolute Gasteiger partial charge is 0.303 e. The Hall–Kier alpha value is -0.570. The summed E-state index contributed by atoms with van der Waals surface area (Å²) >= 11 is 0. The van der Waals surface area contributed by atoms with E-state index in [9.17, 15) is 4.79 Å². The highest BCUT2D eigenvalue weighted by Crippen LogP contribution is 2.66. The molecule has 0 aliphatic heterocycles. The zero-order chi connectivity index (χ0) is 11.3. The van der Waals surface area contributed by atoms with E-state index in [0.29, 0.717) is 5.92 Å². The third kappa shape index (κ3) is 1.32. The van der Waals surface area contributed by atoms with Crippen molar-refractivity contribution in [3.63, 3.8) is 0 Å². The Kier molecular flexibility index (Phi) is 2.34. The topological polar surface area (TPSA) is 63.3 Å². The Labute approximate surface area is 91.0 Å². The molecular formula is C12H21NO2. The highest BCUT2D eigenvalue weighted by atomic mass is 16.4. The minimum Gasteiger partial charge on any atom is -0.481 e. The number of carboxylic acid groups (broad SMARTS) is 1. The lowest BCUT2D eigenvalue weighted by atomic mass is 9.65. The van der Waals surface area contributed by atoms with Crippen LogP contribution in [0.2, 0.25) is 0 Å². The molecule has 4 atom stereocenters. The van der Waals surface area contributed by atoms with Gasteiger partial charge in [-0.1, -0.05) is 13.8 Å². The normalized spacial score (nSPS) is 48.5. The highest BCUT2D eigenvalue weighted by Gasteiger charge is 2.62. The molecule has 3 nitrogen and oxygen atoms in total. The van der Waals surface area contributed by atoms with Gasteiger partial charge < -0.3 is 10.8 Å². The third-order valence-electron chi connectivity index (χ3n) is 5.43. The fraction of sp³-hybridized carbons (Fsp3) is 0.917. The molecule has 86 valence electrons. The molecule has 0 radical (unpaired) electrons. The van der Waals surface area contributed by atoms with E-state index in [1.807, 2.05) is 0 Å². The molecule has 2 saturated carbocycles. The van der Waals surface area contributed by atoms with Gasteiger partial charge in [0.15, 0.2) is 0 Å². The predicted octanol–water partition coefficient (Wildman–Crippen LogP) is 2.00. The van der Waals surface area contributed by atoms with E-state index < -0.39 is 5.97 Å². The molecule has 0 spiro atoms. The molecule has 2 fully saturated rings. The molecular weight excluding hydrogens is 190 g/mol. The van der Waals surface area contributed by atoms with Gasteiger partial charge >= 0.3 is 5.97 Å². The van der Waals surface area contributed by atoms with Crippen LogP contribution in [0.25, 0.3) is 0 Å². The fourth-order valence-electron chi connectivity index (χ4n) is 3.95. The van der Waals surface area contributed by atoms with Gasteiger partial charge in [-0.15, -0.1) is 0 Å². The molecule has 0 saturated heterocycles. The second-order valence-corrected chi connectivity index (χ2v) is 5.81. The first-order chi connectivity index (χ1) is 6.90. The van der Waals surface area contributed by atoms with Gasteiger partial charge in [-0.25, -0.2) is 0 Å². The first-order valence-electron chi connectivity index (χ1n) is 5.87. The molecule has 2 aliphatic rings. The summed E-state index contributed by atoms with van der Waals surface area (Å²) in [7, 11) is 0. The molecule has 0 heterocycles. The van der Waals surface area contributed by atoms with Crippen molar-refractivity contribution in [1.29, 1.82) is 0 Å². The van der Waals surface area contributed by atoms with Gasteiger partial charge in [0.25, 0.3) is 0 Å². The van der Waals surface area contributed by atoms with Crippen molar-refractivity contribution in [2.75, 3.05) is 0 Å². The van der Waals surface area contributed by atoms with Crippen LogP contribution in [0.4, 0.5) is 0 Å². The van der Waals surface area contributed by atoms with Gasteiger partial charge in [0.05, 0.1) is 0 Å². The van der Waals surface area contributed by atoms with Crippen molar-refractivity contribution in [3.05, 3.63) is 0 Å². The molecule has 3 N–H and O–H groups in total. The number of rotatable bonds is 3. The van der Waals surface area contributed by atoms with Gasteiger partial charge in [-0.3, -0.25) is 4.79 Å². The van der Waals surface area contributed by atoms with Crippen LogP contribution < -0.4 is 5.73 Å². The van der Waals surface area contributed by atoms with Crippen LogP contribution in [-0.4, -0.2) is 17.1 Å². The average Bonchev–Trinajstić information content (AvgIpc) is 2.50. The molecule has 2 rings (SSSR count). The fourth-order valence-corrected chi connectivity index (χ4v) is 3.95. The molecule has 3 heteroatoms. The van der Waals surface area contributed by atoms with E-state index in [1.54, 1.807) is 0 Å². The van der Waals surface area contributed by atoms with Crippen molar-refractivity contribution >= 4 is 5.97 Å². The number of fused-ring (bicyclic) bond motifs is 2. The van der Waals surface area contributed by atoms with E-state index >= 15 is 0 Å². The molecule has 0 aromatic carbocycles. The maximum Gasteiger partial charge on any atom is 0.303 e. The van der Waals surface area contributed by atoms with Gasteiger partial charge in [-0.2, -0.15) is 0 Å². The van der Waals surface area contributed by atoms with Crippen LogP contribution in [0, 0.1) is 16.7 Å². The van der Waals surface area contributed by atoms with Crippen LogP contribution in [0.3, 0.4) is 0 Å². The van der Waals surface area contributed by atoms with Crippen LogP contribution in [0.1, 0.15) is 46.0 Å². The van der Waals surface area contributed by atoms with Crippen molar-refractivity contribution < 1.29 is 9.90 Å². The zero-order valence-corrected chi connectivity index (χ0v) is 9.62. The minimum absolute atomic E-state index is 0.158. The van der Waals surface area contributed by atoms with Crippen molar-refractivity contribution in [3.8, 4) is 0 Å². The van der Waals surface area contributed by atoms with Gasteiger partial charge in [0.1, 0.15) is 0 Å². The Balaban J connectivity index is 2.17. The van der Waals surface area contributed by atoms with Crippen molar-refractivity contribution in [1.82, 2.24) is 0 Å². The summed E-state index contributed by atoms with van der Waals surface area (Å²) in [6.45, 7) is 4.51. The maximum atomic E-state index is 10.7. The van der Waals surface area contributed by atoms with E-state index in [1.165, 1.54) is 12.8 Å². The molecule has 0 aromatic rings. The number of nitrogens with two attached hydrogens (primary N) is 1. The first-order valence-corrected chi connectivity index (χ1v) is 5.87. The number of carboxylic acids is 1. The quantitative estimate of drug-likeness (QED) is 0.750. The Morgan fingerprint density at radius 3 is 2.60 bits per heavy atom. The lowest BCUT2D eigenvalue weighted by Crippen LogP contribution is -2.42.